The Kier molecular flexibility index (Phi) is 4.81. The van der Waals surface area contributed by atoms with Gasteiger partial charge < -0.3 is 10.2 Å². The van der Waals surface area contributed by atoms with Gasteiger partial charge >= 0.3 is 0 Å². The van der Waals surface area contributed by atoms with Crippen molar-refractivity contribution in [2.45, 2.75) is 46.5 Å². The summed E-state index contributed by atoms with van der Waals surface area (Å²) < 4.78 is 0. The fourth-order valence-electron chi connectivity index (χ4n) is 3.33. The van der Waals surface area contributed by atoms with E-state index in [1.54, 1.807) is 0 Å². The van der Waals surface area contributed by atoms with Gasteiger partial charge in [-0.2, -0.15) is 0 Å². The van der Waals surface area contributed by atoms with Crippen LogP contribution in [0, 0.1) is 10.8 Å². The molecule has 1 saturated carbocycles. The van der Waals surface area contributed by atoms with Crippen LogP contribution < -0.4 is 5.32 Å². The van der Waals surface area contributed by atoms with Crippen molar-refractivity contribution in [3.05, 3.63) is 0 Å². The molecule has 0 radical (unpaired) electrons. The van der Waals surface area contributed by atoms with Gasteiger partial charge in [0.15, 0.2) is 0 Å². The van der Waals surface area contributed by atoms with Crippen LogP contribution in [-0.2, 0) is 0 Å². The van der Waals surface area contributed by atoms with Gasteiger partial charge in [0.2, 0.25) is 0 Å². The highest BCUT2D eigenvalue weighted by atomic mass is 15.1. The van der Waals surface area contributed by atoms with Crippen molar-refractivity contribution in [3.8, 4) is 0 Å². The van der Waals surface area contributed by atoms with E-state index in [-0.39, 0.29) is 0 Å². The molecule has 16 heavy (non-hydrogen) atoms. The van der Waals surface area contributed by atoms with Gasteiger partial charge in [0, 0.05) is 19.6 Å². The Hall–Kier alpha value is -0.0800. The van der Waals surface area contributed by atoms with Gasteiger partial charge in [-0.25, -0.2) is 0 Å². The highest BCUT2D eigenvalue weighted by Gasteiger charge is 2.34. The minimum atomic E-state index is 0.411. The van der Waals surface area contributed by atoms with Gasteiger partial charge in [-0.05, 0) is 37.8 Å². The molecule has 0 aromatic heterocycles. The summed E-state index contributed by atoms with van der Waals surface area (Å²) in [4.78, 5) is 2.53. The molecule has 0 aromatic carbocycles. The van der Waals surface area contributed by atoms with E-state index in [1.807, 2.05) is 0 Å². The molecule has 0 saturated heterocycles. The number of hydrogen-bond donors (Lipinski definition) is 1. The van der Waals surface area contributed by atoms with E-state index >= 15 is 0 Å². The third-order valence-electron chi connectivity index (χ3n) is 3.57. The summed E-state index contributed by atoms with van der Waals surface area (Å²) in [6.07, 6.45) is 5.65. The van der Waals surface area contributed by atoms with Crippen molar-refractivity contribution in [2.75, 3.05) is 33.7 Å². The fourth-order valence-corrected chi connectivity index (χ4v) is 3.33. The Morgan fingerprint density at radius 2 is 1.75 bits per heavy atom. The van der Waals surface area contributed by atoms with E-state index in [0.717, 1.165) is 0 Å². The second-order valence-corrected chi connectivity index (χ2v) is 6.97. The molecule has 1 N–H and O–H groups in total. The van der Waals surface area contributed by atoms with Crippen LogP contribution in [0.1, 0.15) is 46.5 Å². The molecule has 2 nitrogen and oxygen atoms in total. The molecule has 2 heteroatoms. The lowest BCUT2D eigenvalue weighted by Gasteiger charge is -2.36. The first-order chi connectivity index (χ1) is 7.37. The van der Waals surface area contributed by atoms with Gasteiger partial charge in [-0.1, -0.05) is 33.6 Å². The van der Waals surface area contributed by atoms with E-state index in [4.69, 9.17) is 0 Å². The zero-order valence-electron chi connectivity index (χ0n) is 11.9. The number of hydrogen-bond acceptors (Lipinski definition) is 2. The molecular formula is C14H30N2. The fraction of sp³-hybridized carbons (Fsp3) is 1.00. The SMILES string of the molecule is CNCC1(CN(C)CC(C)(C)C)CCCC1. The Morgan fingerprint density at radius 3 is 2.19 bits per heavy atom. The predicted molar refractivity (Wildman–Crippen MR) is 71.8 cm³/mol. The lowest BCUT2D eigenvalue weighted by molar-refractivity contribution is 0.139. The van der Waals surface area contributed by atoms with Crippen LogP contribution in [-0.4, -0.2) is 38.6 Å². The molecule has 0 heterocycles. The maximum absolute atomic E-state index is 3.39. The minimum Gasteiger partial charge on any atom is -0.319 e. The first-order valence-corrected chi connectivity index (χ1v) is 6.70. The summed E-state index contributed by atoms with van der Waals surface area (Å²) in [5, 5.41) is 3.39. The van der Waals surface area contributed by atoms with Crippen molar-refractivity contribution in [1.29, 1.82) is 0 Å². The summed E-state index contributed by atoms with van der Waals surface area (Å²) in [7, 11) is 4.37. The zero-order valence-corrected chi connectivity index (χ0v) is 11.9. The average molecular weight is 226 g/mol. The van der Waals surface area contributed by atoms with Crippen LogP contribution in [0.5, 0.6) is 0 Å². The van der Waals surface area contributed by atoms with Gasteiger partial charge in [-0.15, -0.1) is 0 Å². The molecule has 96 valence electrons. The normalized spacial score (nSPS) is 20.6. The van der Waals surface area contributed by atoms with Crippen LogP contribution in [0.2, 0.25) is 0 Å². The van der Waals surface area contributed by atoms with Crippen LogP contribution in [0.15, 0.2) is 0 Å². The van der Waals surface area contributed by atoms with E-state index in [0.29, 0.717) is 10.8 Å². The topological polar surface area (TPSA) is 15.3 Å². The van der Waals surface area contributed by atoms with Crippen LogP contribution >= 0.6 is 0 Å². The molecule has 1 rings (SSSR count). The Morgan fingerprint density at radius 1 is 1.19 bits per heavy atom. The standard InChI is InChI=1S/C14H30N2/c1-13(2,3)11-16(5)12-14(10-15-4)8-6-7-9-14/h15H,6-12H2,1-5H3. The molecule has 1 aliphatic carbocycles. The highest BCUT2D eigenvalue weighted by molar-refractivity contribution is 4.89. The van der Waals surface area contributed by atoms with E-state index in [1.165, 1.54) is 45.3 Å². The van der Waals surface area contributed by atoms with Crippen molar-refractivity contribution < 1.29 is 0 Å². The monoisotopic (exact) mass is 226 g/mol. The second-order valence-electron chi connectivity index (χ2n) is 6.97. The number of nitrogens with zero attached hydrogens (tertiary/aromatic N) is 1. The van der Waals surface area contributed by atoms with E-state index < -0.39 is 0 Å². The van der Waals surface area contributed by atoms with Crippen molar-refractivity contribution >= 4 is 0 Å². The quantitative estimate of drug-likeness (QED) is 0.775. The van der Waals surface area contributed by atoms with Crippen LogP contribution in [0.4, 0.5) is 0 Å². The summed E-state index contributed by atoms with van der Waals surface area (Å²) in [5.74, 6) is 0. The van der Waals surface area contributed by atoms with E-state index in [2.05, 4.69) is 45.1 Å². The number of rotatable bonds is 5. The van der Waals surface area contributed by atoms with Crippen LogP contribution in [0.3, 0.4) is 0 Å². The molecule has 1 aliphatic rings. The molecular weight excluding hydrogens is 196 g/mol. The largest absolute Gasteiger partial charge is 0.319 e. The molecule has 0 atom stereocenters. The van der Waals surface area contributed by atoms with Gasteiger partial charge in [-0.3, -0.25) is 0 Å². The Balaban J connectivity index is 2.48. The Labute approximate surface area is 102 Å². The Bertz CT molecular complexity index is 199. The summed E-state index contributed by atoms with van der Waals surface area (Å²) in [6, 6.07) is 0. The molecule has 0 bridgehead atoms. The molecule has 0 unspecified atom stereocenters. The lowest BCUT2D eigenvalue weighted by Crippen LogP contribution is -2.42. The van der Waals surface area contributed by atoms with Crippen molar-refractivity contribution in [3.63, 3.8) is 0 Å². The zero-order chi connectivity index (χ0) is 12.2. The number of nitrogens with one attached hydrogen (secondary N) is 1. The molecule has 1 fully saturated rings. The summed E-state index contributed by atoms with van der Waals surface area (Å²) in [5.41, 5.74) is 0.961. The first kappa shape index (κ1) is 14.0. The summed E-state index contributed by atoms with van der Waals surface area (Å²) >= 11 is 0. The second kappa shape index (κ2) is 5.50. The molecule has 0 aromatic rings. The minimum absolute atomic E-state index is 0.411. The third kappa shape index (κ3) is 4.42. The maximum Gasteiger partial charge on any atom is 0.00473 e. The smallest absolute Gasteiger partial charge is 0.00473 e. The van der Waals surface area contributed by atoms with Crippen molar-refractivity contribution in [2.24, 2.45) is 10.8 Å². The van der Waals surface area contributed by atoms with Crippen LogP contribution in [0.25, 0.3) is 0 Å². The molecule has 0 spiro atoms. The average Bonchev–Trinajstić information content (AvgIpc) is 2.49. The lowest BCUT2D eigenvalue weighted by atomic mass is 9.84. The third-order valence-corrected chi connectivity index (χ3v) is 3.57. The predicted octanol–water partition coefficient (Wildman–Crippen LogP) is 2.74. The first-order valence-electron chi connectivity index (χ1n) is 6.70. The van der Waals surface area contributed by atoms with Gasteiger partial charge in [0.25, 0.3) is 0 Å². The molecule has 0 aliphatic heterocycles. The van der Waals surface area contributed by atoms with Crippen molar-refractivity contribution in [1.82, 2.24) is 10.2 Å². The molecule has 0 amide bonds. The van der Waals surface area contributed by atoms with Gasteiger partial charge in [0.05, 0.1) is 0 Å². The highest BCUT2D eigenvalue weighted by Crippen LogP contribution is 2.38. The maximum atomic E-state index is 3.39. The van der Waals surface area contributed by atoms with Gasteiger partial charge in [0.1, 0.15) is 0 Å². The van der Waals surface area contributed by atoms with E-state index in [9.17, 15) is 0 Å². The summed E-state index contributed by atoms with van der Waals surface area (Å²) in [6.45, 7) is 10.6.